The third kappa shape index (κ3) is 4.00. The summed E-state index contributed by atoms with van der Waals surface area (Å²) in [5.74, 6) is -0.559. The molecule has 3 aromatic rings. The summed E-state index contributed by atoms with van der Waals surface area (Å²) >= 11 is 4.86. The highest BCUT2D eigenvalue weighted by Crippen LogP contribution is 2.39. The molecule has 0 radical (unpaired) electrons. The van der Waals surface area contributed by atoms with Gasteiger partial charge in [0.1, 0.15) is 0 Å². The van der Waals surface area contributed by atoms with E-state index < -0.39 is 0 Å². The normalized spacial score (nSPS) is 15.1. The molecule has 1 aliphatic carbocycles. The minimum atomic E-state index is -0.296. The lowest BCUT2D eigenvalue weighted by atomic mass is 10.1. The fourth-order valence-electron chi connectivity index (χ4n) is 3.21. The third-order valence-corrected chi connectivity index (χ3v) is 6.20. The number of halogens is 1. The summed E-state index contributed by atoms with van der Waals surface area (Å²) in [6, 6.07) is 14.9. The number of amides is 2. The molecule has 0 fully saturated rings. The number of benzene rings is 2. The van der Waals surface area contributed by atoms with Gasteiger partial charge in [0.05, 0.1) is 11.6 Å². The molecule has 0 spiro atoms. The fourth-order valence-corrected chi connectivity index (χ4v) is 4.64. The van der Waals surface area contributed by atoms with Crippen LogP contribution in [0, 0.1) is 6.92 Å². The van der Waals surface area contributed by atoms with Gasteiger partial charge in [-0.2, -0.15) is 0 Å². The van der Waals surface area contributed by atoms with E-state index >= 15 is 0 Å². The van der Waals surface area contributed by atoms with E-state index in [9.17, 15) is 9.59 Å². The second-order valence-electron chi connectivity index (χ2n) is 6.74. The number of carbonyl (C=O) groups is 2. The van der Waals surface area contributed by atoms with Crippen LogP contribution >= 0.6 is 27.3 Å². The first kappa shape index (κ1) is 18.8. The topological polar surface area (TPSA) is 71.1 Å². The monoisotopic (exact) mass is 455 g/mol. The van der Waals surface area contributed by atoms with E-state index in [0.717, 1.165) is 39.1 Å². The first-order valence-electron chi connectivity index (χ1n) is 8.93. The van der Waals surface area contributed by atoms with Gasteiger partial charge in [0.15, 0.2) is 5.13 Å². The van der Waals surface area contributed by atoms with Crippen molar-refractivity contribution in [3.8, 4) is 0 Å². The van der Waals surface area contributed by atoms with E-state index in [-0.39, 0.29) is 17.7 Å². The Labute approximate surface area is 175 Å². The number of thiazole rings is 1. The second-order valence-corrected chi connectivity index (χ2v) is 8.74. The van der Waals surface area contributed by atoms with Crippen LogP contribution in [0.4, 0.5) is 10.8 Å². The lowest BCUT2D eigenvalue weighted by Crippen LogP contribution is -2.20. The van der Waals surface area contributed by atoms with Gasteiger partial charge in [-0.1, -0.05) is 39.7 Å². The molecule has 0 saturated carbocycles. The summed E-state index contributed by atoms with van der Waals surface area (Å²) in [5, 5.41) is 6.35. The Bertz CT molecular complexity index is 1050. The number of hydrogen-bond donors (Lipinski definition) is 2. The SMILES string of the molecule is Cc1ccc(C(=O)Nc2nc3c(s2)CCC3C(=O)Nc2cccc(Br)c2)cc1. The zero-order chi connectivity index (χ0) is 19.7. The van der Waals surface area contributed by atoms with Crippen LogP contribution in [0.5, 0.6) is 0 Å². The molecule has 1 aromatic heterocycles. The van der Waals surface area contributed by atoms with Gasteiger partial charge in [0.2, 0.25) is 5.91 Å². The van der Waals surface area contributed by atoms with E-state index in [1.165, 1.54) is 11.3 Å². The van der Waals surface area contributed by atoms with Gasteiger partial charge in [-0.3, -0.25) is 14.9 Å². The third-order valence-electron chi connectivity index (χ3n) is 4.66. The van der Waals surface area contributed by atoms with Crippen molar-refractivity contribution in [1.82, 2.24) is 4.98 Å². The molecule has 2 amide bonds. The molecule has 28 heavy (non-hydrogen) atoms. The maximum atomic E-state index is 12.7. The van der Waals surface area contributed by atoms with Crippen LogP contribution in [0.15, 0.2) is 53.0 Å². The van der Waals surface area contributed by atoms with Crippen molar-refractivity contribution in [3.05, 3.63) is 74.7 Å². The summed E-state index contributed by atoms with van der Waals surface area (Å²) in [7, 11) is 0. The first-order valence-corrected chi connectivity index (χ1v) is 10.5. The molecule has 7 heteroatoms. The Balaban J connectivity index is 1.47. The van der Waals surface area contributed by atoms with Crippen LogP contribution < -0.4 is 10.6 Å². The molecule has 1 atom stereocenters. The van der Waals surface area contributed by atoms with Gasteiger partial charge < -0.3 is 5.32 Å². The van der Waals surface area contributed by atoms with Gasteiger partial charge in [0, 0.05) is 20.6 Å². The number of aromatic nitrogens is 1. The Hall–Kier alpha value is -2.51. The van der Waals surface area contributed by atoms with Gasteiger partial charge in [-0.05, 0) is 50.1 Å². The molecule has 5 nitrogen and oxygen atoms in total. The number of nitrogens with one attached hydrogen (secondary N) is 2. The van der Waals surface area contributed by atoms with Crippen LogP contribution in [0.1, 0.15) is 38.8 Å². The zero-order valence-electron chi connectivity index (χ0n) is 15.2. The highest BCUT2D eigenvalue weighted by Gasteiger charge is 2.33. The van der Waals surface area contributed by atoms with Gasteiger partial charge in [-0.15, -0.1) is 11.3 Å². The molecule has 0 bridgehead atoms. The predicted octanol–water partition coefficient (Wildman–Crippen LogP) is 5.13. The van der Waals surface area contributed by atoms with Crippen LogP contribution in [0.25, 0.3) is 0 Å². The molecule has 2 aromatic carbocycles. The number of anilines is 2. The molecule has 1 aliphatic rings. The average Bonchev–Trinajstić information content (AvgIpc) is 3.22. The van der Waals surface area contributed by atoms with E-state index in [4.69, 9.17) is 0 Å². The second kappa shape index (κ2) is 7.85. The smallest absolute Gasteiger partial charge is 0.257 e. The summed E-state index contributed by atoms with van der Waals surface area (Å²) in [5.41, 5.74) is 3.21. The molecular formula is C21H18BrN3O2S. The molecule has 4 rings (SSSR count). The molecular weight excluding hydrogens is 438 g/mol. The molecule has 2 N–H and O–H groups in total. The van der Waals surface area contributed by atoms with E-state index in [2.05, 4.69) is 31.5 Å². The van der Waals surface area contributed by atoms with Crippen LogP contribution in [0.2, 0.25) is 0 Å². The standard InChI is InChI=1S/C21H18BrN3O2S/c1-12-5-7-13(8-6-12)19(26)25-21-24-18-16(9-10-17(18)28-21)20(27)23-15-4-2-3-14(22)11-15/h2-8,11,16H,9-10H2,1H3,(H,23,27)(H,24,25,26). The highest BCUT2D eigenvalue weighted by molar-refractivity contribution is 9.10. The van der Waals surface area contributed by atoms with Crippen LogP contribution in [-0.2, 0) is 11.2 Å². The van der Waals surface area contributed by atoms with Gasteiger partial charge in [0.25, 0.3) is 5.91 Å². The van der Waals surface area contributed by atoms with Crippen molar-refractivity contribution >= 4 is 49.9 Å². The van der Waals surface area contributed by atoms with Crippen LogP contribution in [-0.4, -0.2) is 16.8 Å². The maximum Gasteiger partial charge on any atom is 0.257 e. The Morgan fingerprint density at radius 3 is 2.68 bits per heavy atom. The van der Waals surface area contributed by atoms with Crippen LogP contribution in [0.3, 0.4) is 0 Å². The maximum absolute atomic E-state index is 12.7. The summed E-state index contributed by atoms with van der Waals surface area (Å²) in [4.78, 5) is 30.8. The lowest BCUT2D eigenvalue weighted by molar-refractivity contribution is -0.117. The summed E-state index contributed by atoms with van der Waals surface area (Å²) in [6.07, 6.45) is 1.53. The van der Waals surface area contributed by atoms with Crippen molar-refractivity contribution < 1.29 is 9.59 Å². The molecule has 1 heterocycles. The number of fused-ring (bicyclic) bond motifs is 1. The van der Waals surface area contributed by atoms with Crippen molar-refractivity contribution in [3.63, 3.8) is 0 Å². The molecule has 142 valence electrons. The summed E-state index contributed by atoms with van der Waals surface area (Å²) < 4.78 is 0.909. The van der Waals surface area contributed by atoms with Crippen molar-refractivity contribution in [2.75, 3.05) is 10.6 Å². The first-order chi connectivity index (χ1) is 13.5. The largest absolute Gasteiger partial charge is 0.325 e. The summed E-state index contributed by atoms with van der Waals surface area (Å²) in [6.45, 7) is 1.98. The van der Waals surface area contributed by atoms with E-state index in [1.54, 1.807) is 12.1 Å². The minimum absolute atomic E-state index is 0.0708. The van der Waals surface area contributed by atoms with Crippen molar-refractivity contribution in [1.29, 1.82) is 0 Å². The Morgan fingerprint density at radius 1 is 1.14 bits per heavy atom. The predicted molar refractivity (Wildman–Crippen MR) is 115 cm³/mol. The quantitative estimate of drug-likeness (QED) is 0.572. The number of aryl methyl sites for hydroxylation is 2. The van der Waals surface area contributed by atoms with E-state index in [0.29, 0.717) is 10.7 Å². The zero-order valence-corrected chi connectivity index (χ0v) is 17.6. The van der Waals surface area contributed by atoms with Crippen molar-refractivity contribution in [2.24, 2.45) is 0 Å². The van der Waals surface area contributed by atoms with Crippen molar-refractivity contribution in [2.45, 2.75) is 25.7 Å². The lowest BCUT2D eigenvalue weighted by Gasteiger charge is -2.11. The minimum Gasteiger partial charge on any atom is -0.325 e. The number of rotatable bonds is 4. The van der Waals surface area contributed by atoms with E-state index in [1.807, 2.05) is 43.3 Å². The number of hydrogen-bond acceptors (Lipinski definition) is 4. The number of nitrogens with zero attached hydrogens (tertiary/aromatic N) is 1. The van der Waals surface area contributed by atoms with Gasteiger partial charge >= 0.3 is 0 Å². The Morgan fingerprint density at radius 2 is 1.93 bits per heavy atom. The molecule has 1 unspecified atom stereocenters. The fraction of sp³-hybridized carbons (Fsp3) is 0.190. The Kier molecular flexibility index (Phi) is 5.28. The number of carbonyl (C=O) groups excluding carboxylic acids is 2. The average molecular weight is 456 g/mol. The highest BCUT2D eigenvalue weighted by atomic mass is 79.9. The van der Waals surface area contributed by atoms with Gasteiger partial charge in [-0.25, -0.2) is 4.98 Å². The molecule has 0 aliphatic heterocycles. The molecule has 0 saturated heterocycles.